The molecule has 0 fully saturated rings. The molecule has 2 rings (SSSR count). The second-order valence-electron chi connectivity index (χ2n) is 5.35. The van der Waals surface area contributed by atoms with E-state index in [-0.39, 0.29) is 11.9 Å². The summed E-state index contributed by atoms with van der Waals surface area (Å²) in [5.74, 6) is -0.345. The summed E-state index contributed by atoms with van der Waals surface area (Å²) in [5, 5.41) is 20.2. The minimum Gasteiger partial charge on any atom is -0.504 e. The molecule has 1 heterocycles. The zero-order valence-corrected chi connectivity index (χ0v) is 12.6. The Morgan fingerprint density at radius 3 is 2.57 bits per heavy atom. The van der Waals surface area contributed by atoms with Crippen LogP contribution in [0.3, 0.4) is 0 Å². The van der Waals surface area contributed by atoms with Crippen molar-refractivity contribution < 1.29 is 14.9 Å². The Hall–Kier alpha value is -2.17. The number of hydrogen-bond donors (Lipinski definition) is 2. The normalized spacial score (nSPS) is 11.2. The van der Waals surface area contributed by atoms with Crippen LogP contribution in [0.15, 0.2) is 23.0 Å². The molecule has 0 saturated carbocycles. The maximum atomic E-state index is 12.2. The van der Waals surface area contributed by atoms with E-state index >= 15 is 0 Å². The van der Waals surface area contributed by atoms with Crippen molar-refractivity contribution in [1.29, 1.82) is 0 Å². The zero-order chi connectivity index (χ0) is 15.6. The molecule has 114 valence electrons. The third-order valence-electron chi connectivity index (χ3n) is 3.29. The summed E-state index contributed by atoms with van der Waals surface area (Å²) in [7, 11) is 0. The molecule has 2 N–H and O–H groups in total. The minimum absolute atomic E-state index is 0.0176. The molecule has 0 atom stereocenters. The van der Waals surface area contributed by atoms with Crippen LogP contribution < -0.4 is 10.3 Å². The monoisotopic (exact) mass is 291 g/mol. The number of aromatic hydroxyl groups is 2. The van der Waals surface area contributed by atoms with Gasteiger partial charge in [0.25, 0.3) is 5.56 Å². The van der Waals surface area contributed by atoms with Gasteiger partial charge >= 0.3 is 0 Å². The third-order valence-corrected chi connectivity index (χ3v) is 3.29. The van der Waals surface area contributed by atoms with Crippen LogP contribution in [0.5, 0.6) is 17.2 Å². The van der Waals surface area contributed by atoms with Crippen molar-refractivity contribution in [2.24, 2.45) is 0 Å². The van der Waals surface area contributed by atoms with Crippen LogP contribution in [0.2, 0.25) is 0 Å². The van der Waals surface area contributed by atoms with Crippen molar-refractivity contribution in [2.45, 2.75) is 46.3 Å². The standard InChI is InChI=1S/C16H21NO4/c1-4-5-8-17-13-9-11(21-10(2)3)6-7-12(13)14(18)15(19)16(17)20/h6-7,9-10,18-19H,4-5,8H2,1-3H3. The Balaban J connectivity index is 2.68. The summed E-state index contributed by atoms with van der Waals surface area (Å²) in [6, 6.07) is 5.10. The van der Waals surface area contributed by atoms with Crippen LogP contribution in [-0.4, -0.2) is 20.9 Å². The van der Waals surface area contributed by atoms with Gasteiger partial charge in [0.05, 0.1) is 11.6 Å². The highest BCUT2D eigenvalue weighted by Gasteiger charge is 2.16. The molecular weight excluding hydrogens is 270 g/mol. The summed E-state index contributed by atoms with van der Waals surface area (Å²) >= 11 is 0. The highest BCUT2D eigenvalue weighted by molar-refractivity contribution is 5.88. The van der Waals surface area contributed by atoms with Crippen molar-refractivity contribution in [2.75, 3.05) is 0 Å². The van der Waals surface area contributed by atoms with Crippen molar-refractivity contribution in [3.8, 4) is 17.2 Å². The van der Waals surface area contributed by atoms with E-state index in [4.69, 9.17) is 4.74 Å². The van der Waals surface area contributed by atoms with Crippen LogP contribution in [-0.2, 0) is 6.54 Å². The second-order valence-corrected chi connectivity index (χ2v) is 5.35. The average molecular weight is 291 g/mol. The molecule has 21 heavy (non-hydrogen) atoms. The van der Waals surface area contributed by atoms with Gasteiger partial charge in [-0.3, -0.25) is 4.79 Å². The number of aromatic nitrogens is 1. The smallest absolute Gasteiger partial charge is 0.297 e. The van der Waals surface area contributed by atoms with Crippen molar-refractivity contribution in [1.82, 2.24) is 4.57 Å². The van der Waals surface area contributed by atoms with Crippen LogP contribution in [0.4, 0.5) is 0 Å². The Morgan fingerprint density at radius 1 is 1.24 bits per heavy atom. The number of ether oxygens (including phenoxy) is 1. The second kappa shape index (κ2) is 6.08. The first-order valence-electron chi connectivity index (χ1n) is 7.20. The zero-order valence-electron chi connectivity index (χ0n) is 12.6. The number of nitrogens with zero attached hydrogens (tertiary/aromatic N) is 1. The van der Waals surface area contributed by atoms with E-state index in [1.807, 2.05) is 20.8 Å². The summed E-state index contributed by atoms with van der Waals surface area (Å²) in [4.78, 5) is 12.2. The molecule has 5 nitrogen and oxygen atoms in total. The van der Waals surface area contributed by atoms with Gasteiger partial charge in [-0.15, -0.1) is 0 Å². The molecule has 0 spiro atoms. The third kappa shape index (κ3) is 2.96. The fraction of sp³-hybridized carbons (Fsp3) is 0.438. The van der Waals surface area contributed by atoms with Gasteiger partial charge in [0, 0.05) is 18.0 Å². The van der Waals surface area contributed by atoms with Gasteiger partial charge in [0.2, 0.25) is 5.75 Å². The molecule has 1 aromatic carbocycles. The Morgan fingerprint density at radius 2 is 1.95 bits per heavy atom. The lowest BCUT2D eigenvalue weighted by atomic mass is 10.1. The molecule has 0 aliphatic carbocycles. The number of aryl methyl sites for hydroxylation is 1. The lowest BCUT2D eigenvalue weighted by Gasteiger charge is -2.15. The number of unbranched alkanes of at least 4 members (excludes halogenated alkanes) is 1. The fourth-order valence-electron chi connectivity index (χ4n) is 2.28. The maximum Gasteiger partial charge on any atom is 0.297 e. The van der Waals surface area contributed by atoms with E-state index in [1.54, 1.807) is 18.2 Å². The predicted molar refractivity (Wildman–Crippen MR) is 82.2 cm³/mol. The molecule has 2 aromatic rings. The van der Waals surface area contributed by atoms with Gasteiger partial charge in [-0.2, -0.15) is 0 Å². The maximum absolute atomic E-state index is 12.2. The van der Waals surface area contributed by atoms with E-state index in [9.17, 15) is 15.0 Å². The van der Waals surface area contributed by atoms with Gasteiger partial charge in [-0.1, -0.05) is 13.3 Å². The lowest BCUT2D eigenvalue weighted by Crippen LogP contribution is -2.20. The molecule has 0 radical (unpaired) electrons. The van der Waals surface area contributed by atoms with Crippen LogP contribution >= 0.6 is 0 Å². The van der Waals surface area contributed by atoms with E-state index in [0.717, 1.165) is 12.8 Å². The number of pyridine rings is 1. The van der Waals surface area contributed by atoms with Crippen molar-refractivity contribution in [3.63, 3.8) is 0 Å². The van der Waals surface area contributed by atoms with Crippen LogP contribution in [0.1, 0.15) is 33.6 Å². The van der Waals surface area contributed by atoms with Gasteiger partial charge in [0.1, 0.15) is 5.75 Å². The van der Waals surface area contributed by atoms with E-state index in [1.165, 1.54) is 4.57 Å². The SMILES string of the molecule is CCCCn1c(=O)c(O)c(O)c2ccc(OC(C)C)cc21. The van der Waals surface area contributed by atoms with E-state index < -0.39 is 11.3 Å². The summed E-state index contributed by atoms with van der Waals surface area (Å²) in [5.41, 5.74) is -0.00273. The van der Waals surface area contributed by atoms with Gasteiger partial charge in [0.15, 0.2) is 5.75 Å². The summed E-state index contributed by atoms with van der Waals surface area (Å²) in [6.07, 6.45) is 1.76. The number of fused-ring (bicyclic) bond motifs is 1. The highest BCUT2D eigenvalue weighted by atomic mass is 16.5. The molecule has 0 aliphatic rings. The molecule has 0 amide bonds. The number of hydrogen-bond acceptors (Lipinski definition) is 4. The topological polar surface area (TPSA) is 71.7 Å². The number of rotatable bonds is 5. The Labute approximate surface area is 123 Å². The summed E-state index contributed by atoms with van der Waals surface area (Å²) in [6.45, 7) is 6.36. The van der Waals surface area contributed by atoms with Gasteiger partial charge in [-0.05, 0) is 32.4 Å². The van der Waals surface area contributed by atoms with Crippen molar-refractivity contribution >= 4 is 10.9 Å². The number of benzene rings is 1. The lowest BCUT2D eigenvalue weighted by molar-refractivity contribution is 0.242. The van der Waals surface area contributed by atoms with Crippen LogP contribution in [0.25, 0.3) is 10.9 Å². The van der Waals surface area contributed by atoms with E-state index in [2.05, 4.69) is 0 Å². The molecule has 0 bridgehead atoms. The van der Waals surface area contributed by atoms with Crippen molar-refractivity contribution in [3.05, 3.63) is 28.6 Å². The summed E-state index contributed by atoms with van der Waals surface area (Å²) < 4.78 is 7.12. The van der Waals surface area contributed by atoms with Gasteiger partial charge < -0.3 is 19.5 Å². The quantitative estimate of drug-likeness (QED) is 0.888. The fourth-order valence-corrected chi connectivity index (χ4v) is 2.28. The van der Waals surface area contributed by atoms with Crippen LogP contribution in [0, 0.1) is 0 Å². The Kier molecular flexibility index (Phi) is 4.40. The first-order valence-corrected chi connectivity index (χ1v) is 7.20. The van der Waals surface area contributed by atoms with E-state index in [0.29, 0.717) is 23.2 Å². The minimum atomic E-state index is -0.601. The predicted octanol–water partition coefficient (Wildman–Crippen LogP) is 3.00. The first kappa shape index (κ1) is 15.2. The highest BCUT2D eigenvalue weighted by Crippen LogP contribution is 2.32. The largest absolute Gasteiger partial charge is 0.504 e. The molecule has 0 saturated heterocycles. The average Bonchev–Trinajstić information content (AvgIpc) is 2.44. The Bertz CT molecular complexity index is 703. The first-order chi connectivity index (χ1) is 9.95. The molecule has 1 aromatic heterocycles. The molecule has 0 unspecified atom stereocenters. The molecule has 5 heteroatoms. The van der Waals surface area contributed by atoms with Gasteiger partial charge in [-0.25, -0.2) is 0 Å². The molecular formula is C16H21NO4. The molecule has 0 aliphatic heterocycles.